The largest absolute Gasteiger partial charge is 0.504 e. The third kappa shape index (κ3) is 0.982. The summed E-state index contributed by atoms with van der Waals surface area (Å²) < 4.78 is 5.15. The van der Waals surface area contributed by atoms with Crippen molar-refractivity contribution < 1.29 is 9.52 Å². The lowest BCUT2D eigenvalue weighted by molar-refractivity contribution is 0.471. The zero-order chi connectivity index (χ0) is 11.1. The molecule has 3 aromatic rings. The molecule has 0 fully saturated rings. The lowest BCUT2D eigenvalue weighted by Crippen LogP contribution is -1.77. The average Bonchev–Trinajstić information content (AvgIpc) is 2.79. The van der Waals surface area contributed by atoms with Gasteiger partial charge in [-0.1, -0.05) is 24.3 Å². The average molecular weight is 213 g/mol. The lowest BCUT2D eigenvalue weighted by atomic mass is 10.0. The first kappa shape index (κ1) is 8.91. The number of fused-ring (bicyclic) bond motifs is 2. The maximum absolute atomic E-state index is 10.9. The summed E-state index contributed by atoms with van der Waals surface area (Å²) in [4.78, 5) is 10.9. The Kier molecular flexibility index (Phi) is 1.71. The van der Waals surface area contributed by atoms with Gasteiger partial charge in [-0.25, -0.2) is 0 Å². The number of phenols is 1. The van der Waals surface area contributed by atoms with E-state index in [1.54, 1.807) is 30.3 Å². The van der Waals surface area contributed by atoms with Crippen LogP contribution in [-0.2, 0) is 0 Å². The first-order chi connectivity index (χ1) is 7.83. The molecule has 1 N–H and O–H groups in total. The van der Waals surface area contributed by atoms with Gasteiger partial charge in [0.05, 0.1) is 11.6 Å². The second-order valence-electron chi connectivity index (χ2n) is 3.50. The van der Waals surface area contributed by atoms with Gasteiger partial charge in [0.2, 0.25) is 0 Å². The predicted molar refractivity (Wildman–Crippen MR) is 60.8 cm³/mol. The van der Waals surface area contributed by atoms with Crippen LogP contribution in [-0.4, -0.2) is 5.11 Å². The van der Waals surface area contributed by atoms with E-state index in [2.05, 4.69) is 5.18 Å². The Bertz CT molecular complexity index is 700. The standard InChI is InChI=1S/C12H7NO3/c14-11-8-4-2-1-3-7(8)10(13-15)9-5-6-16-12(9)11/h1-6,14H. The topological polar surface area (TPSA) is 62.8 Å². The van der Waals surface area contributed by atoms with Crippen molar-refractivity contribution in [1.29, 1.82) is 0 Å². The molecule has 1 aromatic heterocycles. The lowest BCUT2D eigenvalue weighted by Gasteiger charge is -2.03. The number of nitrogens with zero attached hydrogens (tertiary/aromatic N) is 1. The van der Waals surface area contributed by atoms with E-state index in [4.69, 9.17) is 4.42 Å². The maximum atomic E-state index is 10.9. The van der Waals surface area contributed by atoms with Crippen molar-refractivity contribution in [2.75, 3.05) is 0 Å². The summed E-state index contributed by atoms with van der Waals surface area (Å²) in [6.07, 6.45) is 1.43. The van der Waals surface area contributed by atoms with Crippen molar-refractivity contribution >= 4 is 27.4 Å². The van der Waals surface area contributed by atoms with Crippen molar-refractivity contribution in [3.63, 3.8) is 0 Å². The molecule has 0 saturated heterocycles. The molecule has 1 heterocycles. The van der Waals surface area contributed by atoms with Crippen LogP contribution in [0, 0.1) is 4.91 Å². The normalized spacial score (nSPS) is 11.0. The van der Waals surface area contributed by atoms with E-state index in [0.717, 1.165) is 0 Å². The van der Waals surface area contributed by atoms with Crippen molar-refractivity contribution in [2.45, 2.75) is 0 Å². The second-order valence-corrected chi connectivity index (χ2v) is 3.50. The number of furan rings is 1. The van der Waals surface area contributed by atoms with Gasteiger partial charge in [-0.15, -0.1) is 4.91 Å². The minimum absolute atomic E-state index is 0.0444. The fourth-order valence-corrected chi connectivity index (χ4v) is 1.94. The van der Waals surface area contributed by atoms with Crippen LogP contribution in [0.2, 0.25) is 0 Å². The minimum Gasteiger partial charge on any atom is -0.504 e. The van der Waals surface area contributed by atoms with Crippen LogP contribution in [0.15, 0.2) is 46.2 Å². The molecule has 16 heavy (non-hydrogen) atoms. The predicted octanol–water partition coefficient (Wildman–Crippen LogP) is 3.69. The number of benzene rings is 2. The molecule has 0 radical (unpaired) electrons. The Morgan fingerprint density at radius 1 is 1.06 bits per heavy atom. The highest BCUT2D eigenvalue weighted by molar-refractivity contribution is 6.12. The highest BCUT2D eigenvalue weighted by atomic mass is 16.3. The number of aromatic hydroxyl groups is 1. The van der Waals surface area contributed by atoms with E-state index >= 15 is 0 Å². The van der Waals surface area contributed by atoms with E-state index in [1.807, 2.05) is 0 Å². The van der Waals surface area contributed by atoms with Crippen molar-refractivity contribution in [2.24, 2.45) is 5.18 Å². The number of nitroso groups, excluding NO2 is 1. The van der Waals surface area contributed by atoms with E-state index in [1.165, 1.54) is 6.26 Å². The SMILES string of the molecule is O=Nc1c2ccccc2c(O)c2occc12. The molecule has 0 atom stereocenters. The third-order valence-corrected chi connectivity index (χ3v) is 2.66. The van der Waals surface area contributed by atoms with Gasteiger partial charge < -0.3 is 9.52 Å². The van der Waals surface area contributed by atoms with Crippen LogP contribution < -0.4 is 0 Å². The molecular formula is C12H7NO3. The Hall–Kier alpha value is -2.36. The first-order valence-corrected chi connectivity index (χ1v) is 4.77. The summed E-state index contributed by atoms with van der Waals surface area (Å²) in [5, 5.41) is 14.7. The molecule has 4 heteroatoms. The summed E-state index contributed by atoms with van der Waals surface area (Å²) in [6, 6.07) is 8.67. The highest BCUT2D eigenvalue weighted by Crippen LogP contribution is 2.42. The molecule has 0 amide bonds. The van der Waals surface area contributed by atoms with E-state index in [9.17, 15) is 10.0 Å². The van der Waals surface area contributed by atoms with Gasteiger partial charge in [0.15, 0.2) is 11.3 Å². The van der Waals surface area contributed by atoms with Gasteiger partial charge in [-0.2, -0.15) is 0 Å². The number of hydrogen-bond donors (Lipinski definition) is 1. The summed E-state index contributed by atoms with van der Waals surface area (Å²) in [6.45, 7) is 0. The van der Waals surface area contributed by atoms with Crippen LogP contribution in [0.3, 0.4) is 0 Å². The van der Waals surface area contributed by atoms with Crippen LogP contribution in [0.25, 0.3) is 21.7 Å². The Balaban J connectivity index is 2.69. The molecule has 0 saturated carbocycles. The van der Waals surface area contributed by atoms with E-state index in [0.29, 0.717) is 27.4 Å². The summed E-state index contributed by atoms with van der Waals surface area (Å²) in [5.41, 5.74) is 0.602. The smallest absolute Gasteiger partial charge is 0.178 e. The number of rotatable bonds is 1. The fourth-order valence-electron chi connectivity index (χ4n) is 1.94. The molecular weight excluding hydrogens is 206 g/mol. The second kappa shape index (κ2) is 3.06. The van der Waals surface area contributed by atoms with Crippen molar-refractivity contribution in [1.82, 2.24) is 0 Å². The van der Waals surface area contributed by atoms with Crippen LogP contribution >= 0.6 is 0 Å². The van der Waals surface area contributed by atoms with Crippen LogP contribution in [0.5, 0.6) is 5.75 Å². The van der Waals surface area contributed by atoms with Gasteiger partial charge in [0, 0.05) is 10.8 Å². The summed E-state index contributed by atoms with van der Waals surface area (Å²) in [7, 11) is 0. The Morgan fingerprint density at radius 3 is 2.56 bits per heavy atom. The van der Waals surface area contributed by atoms with Gasteiger partial charge >= 0.3 is 0 Å². The molecule has 4 nitrogen and oxygen atoms in total. The first-order valence-electron chi connectivity index (χ1n) is 4.77. The van der Waals surface area contributed by atoms with Crippen molar-refractivity contribution in [3.05, 3.63) is 41.5 Å². The van der Waals surface area contributed by atoms with E-state index in [-0.39, 0.29) is 5.75 Å². The molecule has 0 aliphatic carbocycles. The zero-order valence-corrected chi connectivity index (χ0v) is 8.18. The quantitative estimate of drug-likeness (QED) is 0.627. The third-order valence-electron chi connectivity index (χ3n) is 2.66. The fraction of sp³-hybridized carbons (Fsp3) is 0. The van der Waals surface area contributed by atoms with E-state index < -0.39 is 0 Å². The van der Waals surface area contributed by atoms with Crippen LogP contribution in [0.1, 0.15) is 0 Å². The molecule has 0 aliphatic heterocycles. The Morgan fingerprint density at radius 2 is 1.81 bits per heavy atom. The molecule has 0 aliphatic rings. The van der Waals surface area contributed by atoms with Gasteiger partial charge in [0.25, 0.3) is 0 Å². The highest BCUT2D eigenvalue weighted by Gasteiger charge is 2.15. The molecule has 2 aromatic carbocycles. The Labute approximate surface area is 90.1 Å². The maximum Gasteiger partial charge on any atom is 0.178 e. The molecule has 78 valence electrons. The van der Waals surface area contributed by atoms with Gasteiger partial charge in [-0.05, 0) is 11.2 Å². The van der Waals surface area contributed by atoms with Gasteiger partial charge in [-0.3, -0.25) is 0 Å². The molecule has 0 bridgehead atoms. The number of phenolic OH excluding ortho intramolecular Hbond substituents is 1. The van der Waals surface area contributed by atoms with Crippen molar-refractivity contribution in [3.8, 4) is 5.75 Å². The van der Waals surface area contributed by atoms with Crippen LogP contribution in [0.4, 0.5) is 5.69 Å². The molecule has 0 spiro atoms. The minimum atomic E-state index is 0.0444. The molecule has 3 rings (SSSR count). The zero-order valence-electron chi connectivity index (χ0n) is 8.18. The van der Waals surface area contributed by atoms with Gasteiger partial charge in [0.1, 0.15) is 5.69 Å². The number of hydrogen-bond acceptors (Lipinski definition) is 4. The monoisotopic (exact) mass is 213 g/mol. The molecule has 0 unspecified atom stereocenters. The summed E-state index contributed by atoms with van der Waals surface area (Å²) in [5.74, 6) is 0.0444. The summed E-state index contributed by atoms with van der Waals surface area (Å²) >= 11 is 0.